The van der Waals surface area contributed by atoms with E-state index in [2.05, 4.69) is 0 Å². The minimum atomic E-state index is -2.80. The molecule has 1 aromatic rings. The number of hydrogen-bond donors (Lipinski definition) is 0. The van der Waals surface area contributed by atoms with Gasteiger partial charge in [0.2, 0.25) is 11.8 Å². The number of piperidine rings is 1. The zero-order chi connectivity index (χ0) is 15.5. The molecule has 0 saturated carbocycles. The van der Waals surface area contributed by atoms with Crippen molar-refractivity contribution in [3.05, 3.63) is 35.6 Å². The van der Waals surface area contributed by atoms with Crippen molar-refractivity contribution < 1.29 is 18.0 Å². The van der Waals surface area contributed by atoms with Crippen LogP contribution in [0.3, 0.4) is 0 Å². The molecule has 2 rings (SSSR count). The molecule has 1 saturated heterocycles. The third-order valence-electron chi connectivity index (χ3n) is 3.95. The molecule has 0 unspecified atom stereocenters. The van der Waals surface area contributed by atoms with Crippen LogP contribution in [0.25, 0.3) is 0 Å². The number of carbonyl (C=O) groups excluding carboxylic acids is 1. The highest BCUT2D eigenvalue weighted by atomic mass is 19.3. The van der Waals surface area contributed by atoms with Gasteiger partial charge in [-0.2, -0.15) is 0 Å². The number of amides is 1. The van der Waals surface area contributed by atoms with Crippen LogP contribution >= 0.6 is 0 Å². The van der Waals surface area contributed by atoms with E-state index in [4.69, 9.17) is 0 Å². The maximum Gasteiger partial charge on any atom is 0.245 e. The van der Waals surface area contributed by atoms with Crippen LogP contribution in [-0.4, -0.2) is 29.8 Å². The zero-order valence-corrected chi connectivity index (χ0v) is 12.1. The molecule has 1 fully saturated rings. The molecule has 1 aromatic carbocycles. The van der Waals surface area contributed by atoms with E-state index in [0.717, 1.165) is 25.3 Å². The first-order chi connectivity index (χ1) is 9.85. The molecule has 0 radical (unpaired) electrons. The van der Waals surface area contributed by atoms with Gasteiger partial charge in [0.25, 0.3) is 0 Å². The number of alkyl halides is 2. The van der Waals surface area contributed by atoms with E-state index in [9.17, 15) is 18.0 Å². The van der Waals surface area contributed by atoms with Gasteiger partial charge < -0.3 is 4.90 Å². The summed E-state index contributed by atoms with van der Waals surface area (Å²) >= 11 is 0. The first-order valence-electron chi connectivity index (χ1n) is 7.26. The molecule has 5 heteroatoms. The van der Waals surface area contributed by atoms with E-state index >= 15 is 0 Å². The minimum Gasteiger partial charge on any atom is -0.343 e. The normalized spacial score (nSPS) is 17.0. The third kappa shape index (κ3) is 4.76. The number of halogens is 3. The molecule has 1 heterocycles. The molecule has 0 N–H and O–H groups in total. The minimum absolute atomic E-state index is 0.117. The van der Waals surface area contributed by atoms with Crippen LogP contribution in [0.15, 0.2) is 24.3 Å². The fourth-order valence-electron chi connectivity index (χ4n) is 2.71. The summed E-state index contributed by atoms with van der Waals surface area (Å²) in [6.07, 6.45) is 0.971. The predicted molar refractivity (Wildman–Crippen MR) is 74.8 cm³/mol. The van der Waals surface area contributed by atoms with Gasteiger partial charge in [-0.25, -0.2) is 13.2 Å². The zero-order valence-electron chi connectivity index (χ0n) is 12.1. The first kappa shape index (κ1) is 15.9. The van der Waals surface area contributed by atoms with Crippen molar-refractivity contribution in [2.75, 3.05) is 13.1 Å². The summed E-state index contributed by atoms with van der Waals surface area (Å²) in [6, 6.07) is 6.52. The molecule has 0 atom stereocenters. The Balaban J connectivity index is 1.84. The highest BCUT2D eigenvalue weighted by Crippen LogP contribution is 2.29. The molecular weight excluding hydrogens is 279 g/mol. The Morgan fingerprint density at radius 2 is 2.00 bits per heavy atom. The molecule has 0 aromatic heterocycles. The SMILES string of the molecule is CC(F)(F)CCC(=O)N1CCC(c2cccc(F)c2)CC1. The molecule has 1 aliphatic heterocycles. The fraction of sp³-hybridized carbons (Fsp3) is 0.562. The number of carbonyl (C=O) groups is 1. The molecule has 21 heavy (non-hydrogen) atoms. The van der Waals surface area contributed by atoms with Crippen LogP contribution in [0.2, 0.25) is 0 Å². The Bertz CT molecular complexity index is 491. The van der Waals surface area contributed by atoms with Crippen molar-refractivity contribution in [1.29, 1.82) is 0 Å². The number of likely N-dealkylation sites (tertiary alicyclic amines) is 1. The summed E-state index contributed by atoms with van der Waals surface area (Å²) < 4.78 is 38.7. The van der Waals surface area contributed by atoms with Crippen molar-refractivity contribution in [2.24, 2.45) is 0 Å². The van der Waals surface area contributed by atoms with E-state index in [0.29, 0.717) is 13.1 Å². The Labute approximate surface area is 122 Å². The second-order valence-corrected chi connectivity index (χ2v) is 5.78. The van der Waals surface area contributed by atoms with Crippen molar-refractivity contribution >= 4 is 5.91 Å². The van der Waals surface area contributed by atoms with Crippen molar-refractivity contribution in [3.8, 4) is 0 Å². The highest BCUT2D eigenvalue weighted by molar-refractivity contribution is 5.76. The average Bonchev–Trinajstić information content (AvgIpc) is 2.44. The summed E-state index contributed by atoms with van der Waals surface area (Å²) in [7, 11) is 0. The number of hydrogen-bond acceptors (Lipinski definition) is 1. The fourth-order valence-corrected chi connectivity index (χ4v) is 2.71. The Hall–Kier alpha value is -1.52. The molecule has 0 aliphatic carbocycles. The van der Waals surface area contributed by atoms with Crippen molar-refractivity contribution in [3.63, 3.8) is 0 Å². The van der Waals surface area contributed by atoms with Gasteiger partial charge in [0.15, 0.2) is 0 Å². The largest absolute Gasteiger partial charge is 0.343 e. The summed E-state index contributed by atoms with van der Waals surface area (Å²) in [6.45, 7) is 1.93. The van der Waals surface area contributed by atoms with E-state index in [-0.39, 0.29) is 24.1 Å². The maximum atomic E-state index is 13.2. The van der Waals surface area contributed by atoms with Crippen LogP contribution in [0.5, 0.6) is 0 Å². The van der Waals surface area contributed by atoms with E-state index < -0.39 is 12.3 Å². The Morgan fingerprint density at radius 1 is 1.33 bits per heavy atom. The van der Waals surface area contributed by atoms with Gasteiger partial charge in [0.05, 0.1) is 0 Å². The maximum absolute atomic E-state index is 13.2. The quantitative estimate of drug-likeness (QED) is 0.824. The lowest BCUT2D eigenvalue weighted by atomic mass is 9.89. The van der Waals surface area contributed by atoms with Crippen molar-refractivity contribution in [2.45, 2.75) is 44.4 Å². The summed E-state index contributed by atoms with van der Waals surface area (Å²) in [5.41, 5.74) is 0.946. The van der Waals surface area contributed by atoms with E-state index in [1.54, 1.807) is 11.0 Å². The molecule has 2 nitrogen and oxygen atoms in total. The molecule has 0 spiro atoms. The number of benzene rings is 1. The molecule has 1 amide bonds. The lowest BCUT2D eigenvalue weighted by Crippen LogP contribution is -2.38. The van der Waals surface area contributed by atoms with Crippen molar-refractivity contribution in [1.82, 2.24) is 4.90 Å². The second-order valence-electron chi connectivity index (χ2n) is 5.78. The average molecular weight is 299 g/mol. The molecule has 116 valence electrons. The monoisotopic (exact) mass is 299 g/mol. The Kier molecular flexibility index (Phi) is 4.91. The summed E-state index contributed by atoms with van der Waals surface area (Å²) in [4.78, 5) is 13.5. The van der Waals surface area contributed by atoms with Gasteiger partial charge in [0, 0.05) is 25.9 Å². The Morgan fingerprint density at radius 3 is 2.57 bits per heavy atom. The van der Waals surface area contributed by atoms with Gasteiger partial charge in [-0.05, 0) is 43.4 Å². The van der Waals surface area contributed by atoms with E-state index in [1.165, 1.54) is 12.1 Å². The number of rotatable bonds is 4. The van der Waals surface area contributed by atoms with Crippen LogP contribution in [0.1, 0.15) is 44.1 Å². The van der Waals surface area contributed by atoms with Crippen LogP contribution < -0.4 is 0 Å². The topological polar surface area (TPSA) is 20.3 Å². The molecular formula is C16H20F3NO. The smallest absolute Gasteiger partial charge is 0.245 e. The van der Waals surface area contributed by atoms with Gasteiger partial charge in [-0.3, -0.25) is 4.79 Å². The first-order valence-corrected chi connectivity index (χ1v) is 7.26. The van der Waals surface area contributed by atoms with Gasteiger partial charge in [-0.1, -0.05) is 12.1 Å². The van der Waals surface area contributed by atoms with Crippen LogP contribution in [0.4, 0.5) is 13.2 Å². The van der Waals surface area contributed by atoms with Gasteiger partial charge >= 0.3 is 0 Å². The third-order valence-corrected chi connectivity index (χ3v) is 3.95. The van der Waals surface area contributed by atoms with Gasteiger partial charge in [-0.15, -0.1) is 0 Å². The lowest BCUT2D eigenvalue weighted by molar-refractivity contribution is -0.134. The molecule has 0 bridgehead atoms. The summed E-state index contributed by atoms with van der Waals surface area (Å²) in [5, 5.41) is 0. The second kappa shape index (κ2) is 6.50. The summed E-state index contributed by atoms with van der Waals surface area (Å²) in [5.74, 6) is -3.03. The lowest BCUT2D eigenvalue weighted by Gasteiger charge is -2.32. The predicted octanol–water partition coefficient (Wildman–Crippen LogP) is 3.97. The van der Waals surface area contributed by atoms with Gasteiger partial charge in [0.1, 0.15) is 5.82 Å². The highest BCUT2D eigenvalue weighted by Gasteiger charge is 2.27. The van der Waals surface area contributed by atoms with E-state index in [1.807, 2.05) is 6.07 Å². The standard InChI is InChI=1S/C16H20F3NO/c1-16(18,19)8-5-15(21)20-9-6-12(7-10-20)13-3-2-4-14(17)11-13/h2-4,11-12H,5-10H2,1H3. The molecule has 1 aliphatic rings. The number of nitrogens with zero attached hydrogens (tertiary/aromatic N) is 1. The van der Waals surface area contributed by atoms with Crippen LogP contribution in [0, 0.1) is 5.82 Å². The van der Waals surface area contributed by atoms with Crippen LogP contribution in [-0.2, 0) is 4.79 Å².